The van der Waals surface area contributed by atoms with Gasteiger partial charge in [-0.25, -0.2) is 4.52 Å². The molecule has 0 aliphatic rings. The average Bonchev–Trinajstić information content (AvgIpc) is 2.82. The van der Waals surface area contributed by atoms with Gasteiger partial charge in [-0.15, -0.1) is 5.10 Å². The summed E-state index contributed by atoms with van der Waals surface area (Å²) in [5, 5.41) is 7.36. The summed E-state index contributed by atoms with van der Waals surface area (Å²) in [7, 11) is 3.37. The molecule has 0 atom stereocenters. The zero-order chi connectivity index (χ0) is 14.0. The van der Waals surface area contributed by atoms with Crippen molar-refractivity contribution in [2.45, 2.75) is 26.3 Å². The van der Waals surface area contributed by atoms with Crippen molar-refractivity contribution in [3.63, 3.8) is 0 Å². The first-order valence-corrected chi connectivity index (χ1v) is 6.40. The van der Waals surface area contributed by atoms with E-state index in [1.54, 1.807) is 9.08 Å². The van der Waals surface area contributed by atoms with Crippen molar-refractivity contribution in [3.05, 3.63) is 28.2 Å². The van der Waals surface area contributed by atoms with Gasteiger partial charge in [-0.2, -0.15) is 0 Å². The summed E-state index contributed by atoms with van der Waals surface area (Å²) in [6, 6.07) is 2.23. The van der Waals surface area contributed by atoms with Crippen molar-refractivity contribution in [1.29, 1.82) is 0 Å². The number of hydrogen-bond donors (Lipinski definition) is 1. The van der Waals surface area contributed by atoms with E-state index in [1.807, 2.05) is 19.3 Å². The highest BCUT2D eigenvalue weighted by molar-refractivity contribution is 5.48. The Kier molecular flexibility index (Phi) is 3.90. The van der Waals surface area contributed by atoms with Crippen LogP contribution in [-0.2, 0) is 6.54 Å². The number of nitrogens with zero attached hydrogens (tertiary/aromatic N) is 3. The molecule has 0 aliphatic heterocycles. The fourth-order valence-corrected chi connectivity index (χ4v) is 1.97. The van der Waals surface area contributed by atoms with Crippen LogP contribution < -0.4 is 15.6 Å². The second kappa shape index (κ2) is 5.44. The molecule has 0 radical (unpaired) electrons. The van der Waals surface area contributed by atoms with Gasteiger partial charge in [-0.1, -0.05) is 13.8 Å². The van der Waals surface area contributed by atoms with Crippen molar-refractivity contribution in [1.82, 2.24) is 19.5 Å². The summed E-state index contributed by atoms with van der Waals surface area (Å²) in [6.45, 7) is 5.40. The van der Waals surface area contributed by atoms with Crippen LogP contribution in [0.3, 0.4) is 0 Å². The second-order valence-corrected chi connectivity index (χ2v) is 4.80. The summed E-state index contributed by atoms with van der Waals surface area (Å²) in [4.78, 5) is 12.4. The maximum atomic E-state index is 12.4. The molecule has 104 valence electrons. The van der Waals surface area contributed by atoms with Gasteiger partial charge in [0.25, 0.3) is 5.56 Å². The molecule has 2 heterocycles. The molecule has 1 N–H and O–H groups in total. The Bertz CT molecular complexity index is 627. The van der Waals surface area contributed by atoms with Gasteiger partial charge in [0.05, 0.1) is 7.11 Å². The van der Waals surface area contributed by atoms with Crippen LogP contribution in [0.2, 0.25) is 0 Å². The standard InChI is InChI=1S/C13H20N4O2/c1-9(2)10-7-11-12(18)16(6-5-14-3)13(19-4)15-17(11)8-10/h7-9,14H,5-6H2,1-4H3. The fraction of sp³-hybridized carbons (Fsp3) is 0.538. The third-order valence-electron chi connectivity index (χ3n) is 3.14. The summed E-state index contributed by atoms with van der Waals surface area (Å²) in [6.07, 6.45) is 1.88. The lowest BCUT2D eigenvalue weighted by Crippen LogP contribution is -2.28. The number of aromatic nitrogens is 3. The van der Waals surface area contributed by atoms with E-state index in [0.717, 1.165) is 5.56 Å². The van der Waals surface area contributed by atoms with Crippen LogP contribution in [0.15, 0.2) is 17.1 Å². The first-order chi connectivity index (χ1) is 9.08. The number of hydrogen-bond acceptors (Lipinski definition) is 4. The minimum absolute atomic E-state index is 0.0750. The van der Waals surface area contributed by atoms with E-state index < -0.39 is 0 Å². The lowest BCUT2D eigenvalue weighted by atomic mass is 10.1. The number of rotatable bonds is 5. The highest BCUT2D eigenvalue weighted by atomic mass is 16.5. The molecular formula is C13H20N4O2. The molecule has 0 fully saturated rings. The topological polar surface area (TPSA) is 60.6 Å². The fourth-order valence-electron chi connectivity index (χ4n) is 1.97. The van der Waals surface area contributed by atoms with Crippen LogP contribution in [-0.4, -0.2) is 34.9 Å². The van der Waals surface area contributed by atoms with Gasteiger partial charge in [0.15, 0.2) is 0 Å². The van der Waals surface area contributed by atoms with Gasteiger partial charge >= 0.3 is 6.01 Å². The predicted molar refractivity (Wildman–Crippen MR) is 74.0 cm³/mol. The van der Waals surface area contributed by atoms with Crippen LogP contribution in [0, 0.1) is 0 Å². The summed E-state index contributed by atoms with van der Waals surface area (Å²) in [5.41, 5.74) is 1.60. The van der Waals surface area contributed by atoms with E-state index in [-0.39, 0.29) is 5.56 Å². The molecule has 0 bridgehead atoms. The zero-order valence-corrected chi connectivity index (χ0v) is 11.8. The molecule has 6 nitrogen and oxygen atoms in total. The largest absolute Gasteiger partial charge is 0.467 e. The van der Waals surface area contributed by atoms with E-state index in [9.17, 15) is 4.79 Å². The SMILES string of the molecule is CNCCn1c(OC)nn2cc(C(C)C)cc2c1=O. The smallest absolute Gasteiger partial charge is 0.316 e. The number of nitrogens with one attached hydrogen (secondary N) is 1. The number of methoxy groups -OCH3 is 1. The molecule has 0 unspecified atom stereocenters. The Morgan fingerprint density at radius 1 is 1.47 bits per heavy atom. The van der Waals surface area contributed by atoms with Gasteiger partial charge in [0, 0.05) is 19.3 Å². The first-order valence-electron chi connectivity index (χ1n) is 6.40. The Morgan fingerprint density at radius 3 is 2.79 bits per heavy atom. The van der Waals surface area contributed by atoms with Crippen molar-refractivity contribution < 1.29 is 4.74 Å². The molecule has 6 heteroatoms. The van der Waals surface area contributed by atoms with Crippen molar-refractivity contribution in [3.8, 4) is 6.01 Å². The third kappa shape index (κ3) is 2.49. The molecule has 2 rings (SSSR count). The quantitative estimate of drug-likeness (QED) is 0.869. The molecule has 2 aromatic heterocycles. The number of likely N-dealkylation sites (N-methyl/N-ethyl adjacent to an activating group) is 1. The molecule has 0 aromatic carbocycles. The maximum Gasteiger partial charge on any atom is 0.316 e. The summed E-state index contributed by atoms with van der Waals surface area (Å²) >= 11 is 0. The normalized spacial score (nSPS) is 11.4. The molecule has 0 amide bonds. The van der Waals surface area contributed by atoms with Crippen molar-refractivity contribution in [2.24, 2.45) is 0 Å². The Balaban J connectivity index is 2.61. The number of fused-ring (bicyclic) bond motifs is 1. The minimum atomic E-state index is -0.0750. The van der Waals surface area contributed by atoms with Gasteiger partial charge in [0.2, 0.25) is 0 Å². The van der Waals surface area contributed by atoms with E-state index >= 15 is 0 Å². The predicted octanol–water partition coefficient (Wildman–Crippen LogP) is 0.847. The highest BCUT2D eigenvalue weighted by Crippen LogP contribution is 2.17. The molecule has 0 aliphatic carbocycles. The van der Waals surface area contributed by atoms with Crippen LogP contribution in [0.5, 0.6) is 6.01 Å². The van der Waals surface area contributed by atoms with Crippen LogP contribution in [0.1, 0.15) is 25.3 Å². The Morgan fingerprint density at radius 2 is 2.21 bits per heavy atom. The molecule has 2 aromatic rings. The number of ether oxygens (including phenoxy) is 1. The Hall–Kier alpha value is -1.82. The van der Waals surface area contributed by atoms with E-state index in [1.165, 1.54) is 7.11 Å². The monoisotopic (exact) mass is 264 g/mol. The van der Waals surface area contributed by atoms with Gasteiger partial charge < -0.3 is 10.1 Å². The molecule has 19 heavy (non-hydrogen) atoms. The Labute approximate surface area is 112 Å². The lowest BCUT2D eigenvalue weighted by Gasteiger charge is -2.10. The maximum absolute atomic E-state index is 12.4. The first kappa shape index (κ1) is 13.6. The molecule has 0 spiro atoms. The van der Waals surface area contributed by atoms with Gasteiger partial charge in [-0.05, 0) is 24.6 Å². The van der Waals surface area contributed by atoms with E-state index in [2.05, 4.69) is 24.3 Å². The summed E-state index contributed by atoms with van der Waals surface area (Å²) in [5.74, 6) is 0.359. The van der Waals surface area contributed by atoms with Gasteiger partial charge in [-0.3, -0.25) is 9.36 Å². The average molecular weight is 264 g/mol. The van der Waals surface area contributed by atoms with Gasteiger partial charge in [0.1, 0.15) is 5.52 Å². The van der Waals surface area contributed by atoms with Crippen molar-refractivity contribution in [2.75, 3.05) is 20.7 Å². The summed E-state index contributed by atoms with van der Waals surface area (Å²) < 4.78 is 8.36. The zero-order valence-electron chi connectivity index (χ0n) is 11.8. The molecule has 0 saturated heterocycles. The molecular weight excluding hydrogens is 244 g/mol. The lowest BCUT2D eigenvalue weighted by molar-refractivity contribution is 0.336. The van der Waals surface area contributed by atoms with Crippen LogP contribution in [0.4, 0.5) is 0 Å². The van der Waals surface area contributed by atoms with Crippen LogP contribution >= 0.6 is 0 Å². The van der Waals surface area contributed by atoms with Crippen LogP contribution in [0.25, 0.3) is 5.52 Å². The van der Waals surface area contributed by atoms with Crippen molar-refractivity contribution >= 4 is 5.52 Å². The minimum Gasteiger partial charge on any atom is -0.467 e. The second-order valence-electron chi connectivity index (χ2n) is 4.80. The highest BCUT2D eigenvalue weighted by Gasteiger charge is 2.13. The molecule has 0 saturated carbocycles. The van der Waals surface area contributed by atoms with E-state index in [4.69, 9.17) is 4.74 Å². The van der Waals surface area contributed by atoms with E-state index in [0.29, 0.717) is 30.5 Å². The third-order valence-corrected chi connectivity index (χ3v) is 3.14.